The summed E-state index contributed by atoms with van der Waals surface area (Å²) in [5.41, 5.74) is -3.15. The van der Waals surface area contributed by atoms with Crippen LogP contribution in [0.4, 0.5) is 13.2 Å². The Morgan fingerprint density at radius 2 is 1.35 bits per heavy atom. The standard InChI is InChI=1S/C14H10ClF3OS/c15-11-5-1-9(2-6-11)13(19)10-3-7-12(8-4-10)20-14(16,17)18/h1-8,13,19H. The van der Waals surface area contributed by atoms with Crippen molar-refractivity contribution in [2.45, 2.75) is 16.5 Å². The molecule has 106 valence electrons. The van der Waals surface area contributed by atoms with Gasteiger partial charge in [0.05, 0.1) is 0 Å². The average molecular weight is 319 g/mol. The number of alkyl halides is 3. The highest BCUT2D eigenvalue weighted by molar-refractivity contribution is 8.00. The molecule has 0 saturated carbocycles. The molecular formula is C14H10ClF3OS. The second kappa shape index (κ2) is 6.08. The van der Waals surface area contributed by atoms with Gasteiger partial charge in [-0.25, -0.2) is 0 Å². The molecule has 0 aliphatic heterocycles. The predicted octanol–water partition coefficient (Wildman–Crippen LogP) is 5.03. The van der Waals surface area contributed by atoms with Crippen molar-refractivity contribution in [1.82, 2.24) is 0 Å². The van der Waals surface area contributed by atoms with Crippen LogP contribution in [0.5, 0.6) is 0 Å². The summed E-state index contributed by atoms with van der Waals surface area (Å²) in [4.78, 5) is 0.0876. The highest BCUT2D eigenvalue weighted by atomic mass is 35.5. The third kappa shape index (κ3) is 4.16. The molecule has 2 aromatic rings. The Balaban J connectivity index is 2.15. The summed E-state index contributed by atoms with van der Waals surface area (Å²) in [5, 5.41) is 10.7. The molecule has 1 nitrogen and oxygen atoms in total. The van der Waals surface area contributed by atoms with Gasteiger partial charge in [0.2, 0.25) is 0 Å². The van der Waals surface area contributed by atoms with Gasteiger partial charge in [-0.05, 0) is 47.2 Å². The van der Waals surface area contributed by atoms with Gasteiger partial charge in [0, 0.05) is 9.92 Å². The van der Waals surface area contributed by atoms with Gasteiger partial charge in [-0.1, -0.05) is 35.9 Å². The maximum Gasteiger partial charge on any atom is 0.446 e. The maximum absolute atomic E-state index is 12.2. The number of thioether (sulfide) groups is 1. The Labute approximate surface area is 123 Å². The number of halogens is 4. The van der Waals surface area contributed by atoms with Gasteiger partial charge >= 0.3 is 5.51 Å². The minimum Gasteiger partial charge on any atom is -0.384 e. The van der Waals surface area contributed by atoms with Crippen molar-refractivity contribution in [3.05, 3.63) is 64.7 Å². The first kappa shape index (κ1) is 15.2. The third-order valence-corrected chi connectivity index (χ3v) is 3.61. The first-order chi connectivity index (χ1) is 9.35. The number of hydrogen-bond donors (Lipinski definition) is 1. The SMILES string of the molecule is OC(c1ccc(Cl)cc1)c1ccc(SC(F)(F)F)cc1. The maximum atomic E-state index is 12.2. The lowest BCUT2D eigenvalue weighted by molar-refractivity contribution is -0.0328. The molecule has 20 heavy (non-hydrogen) atoms. The fourth-order valence-corrected chi connectivity index (χ4v) is 2.35. The van der Waals surface area contributed by atoms with Gasteiger partial charge in [0.25, 0.3) is 0 Å². The number of rotatable bonds is 3. The molecule has 0 spiro atoms. The minimum atomic E-state index is -4.31. The summed E-state index contributed by atoms with van der Waals surface area (Å²) in [7, 11) is 0. The van der Waals surface area contributed by atoms with Crippen molar-refractivity contribution in [3.8, 4) is 0 Å². The van der Waals surface area contributed by atoms with Crippen LogP contribution in [0.1, 0.15) is 17.2 Å². The summed E-state index contributed by atoms with van der Waals surface area (Å²) < 4.78 is 36.6. The van der Waals surface area contributed by atoms with E-state index in [4.69, 9.17) is 11.6 Å². The van der Waals surface area contributed by atoms with Crippen molar-refractivity contribution in [3.63, 3.8) is 0 Å². The first-order valence-corrected chi connectivity index (χ1v) is 6.84. The molecule has 0 bridgehead atoms. The monoisotopic (exact) mass is 318 g/mol. The van der Waals surface area contributed by atoms with Crippen molar-refractivity contribution >= 4 is 23.4 Å². The van der Waals surface area contributed by atoms with E-state index in [1.165, 1.54) is 24.3 Å². The van der Waals surface area contributed by atoms with Crippen molar-refractivity contribution in [2.24, 2.45) is 0 Å². The second-order valence-electron chi connectivity index (χ2n) is 4.07. The van der Waals surface area contributed by atoms with Crippen LogP contribution in [0.3, 0.4) is 0 Å². The van der Waals surface area contributed by atoms with Crippen molar-refractivity contribution < 1.29 is 18.3 Å². The molecular weight excluding hydrogens is 309 g/mol. The van der Waals surface area contributed by atoms with Gasteiger partial charge in [-0.3, -0.25) is 0 Å². The Hall–Kier alpha value is -1.17. The average Bonchev–Trinajstić information content (AvgIpc) is 2.38. The molecule has 0 aliphatic carbocycles. The fourth-order valence-electron chi connectivity index (χ4n) is 1.69. The van der Waals surface area contributed by atoms with Gasteiger partial charge < -0.3 is 5.11 Å². The van der Waals surface area contributed by atoms with E-state index in [2.05, 4.69) is 0 Å². The van der Waals surface area contributed by atoms with Crippen LogP contribution in [-0.4, -0.2) is 10.6 Å². The van der Waals surface area contributed by atoms with Crippen LogP contribution in [0.25, 0.3) is 0 Å². The quantitative estimate of drug-likeness (QED) is 0.801. The smallest absolute Gasteiger partial charge is 0.384 e. The lowest BCUT2D eigenvalue weighted by Crippen LogP contribution is -2.01. The molecule has 0 radical (unpaired) electrons. The van der Waals surface area contributed by atoms with E-state index < -0.39 is 11.6 Å². The van der Waals surface area contributed by atoms with E-state index >= 15 is 0 Å². The van der Waals surface area contributed by atoms with Crippen molar-refractivity contribution in [2.75, 3.05) is 0 Å². The van der Waals surface area contributed by atoms with Gasteiger partial charge in [0.15, 0.2) is 0 Å². The van der Waals surface area contributed by atoms with Gasteiger partial charge in [0.1, 0.15) is 6.10 Å². The van der Waals surface area contributed by atoms with Crippen LogP contribution >= 0.6 is 23.4 Å². The predicted molar refractivity (Wildman–Crippen MR) is 73.9 cm³/mol. The van der Waals surface area contributed by atoms with Crippen LogP contribution in [-0.2, 0) is 0 Å². The minimum absolute atomic E-state index is 0.0876. The van der Waals surface area contributed by atoms with Crippen molar-refractivity contribution in [1.29, 1.82) is 0 Å². The zero-order valence-electron chi connectivity index (χ0n) is 10.1. The Bertz CT molecular complexity index is 566. The summed E-state index contributed by atoms with van der Waals surface area (Å²) in [5.74, 6) is 0. The Morgan fingerprint density at radius 3 is 1.80 bits per heavy atom. The van der Waals surface area contributed by atoms with Crippen LogP contribution < -0.4 is 0 Å². The molecule has 1 atom stereocenters. The normalized spacial score (nSPS) is 13.2. The molecule has 0 heterocycles. The highest BCUT2D eigenvalue weighted by Gasteiger charge is 2.29. The number of aliphatic hydroxyl groups is 1. The molecule has 2 rings (SSSR count). The molecule has 0 aromatic heterocycles. The van der Waals surface area contributed by atoms with E-state index in [1.807, 2.05) is 0 Å². The number of aliphatic hydroxyl groups excluding tert-OH is 1. The van der Waals surface area contributed by atoms with E-state index in [0.717, 1.165) is 0 Å². The van der Waals surface area contributed by atoms with Gasteiger partial charge in [-0.15, -0.1) is 0 Å². The van der Waals surface area contributed by atoms with Crippen LogP contribution in [0, 0.1) is 0 Å². The number of benzene rings is 2. The molecule has 0 amide bonds. The molecule has 0 fully saturated rings. The summed E-state index contributed by atoms with van der Waals surface area (Å²) in [6.07, 6.45) is -0.891. The molecule has 6 heteroatoms. The Morgan fingerprint density at radius 1 is 0.900 bits per heavy atom. The summed E-state index contributed by atoms with van der Waals surface area (Å²) in [6, 6.07) is 12.3. The summed E-state index contributed by atoms with van der Waals surface area (Å²) in [6.45, 7) is 0. The zero-order valence-corrected chi connectivity index (χ0v) is 11.6. The molecule has 0 saturated heterocycles. The number of hydrogen-bond acceptors (Lipinski definition) is 2. The molecule has 0 aliphatic rings. The van der Waals surface area contributed by atoms with E-state index in [0.29, 0.717) is 16.1 Å². The van der Waals surface area contributed by atoms with E-state index in [1.54, 1.807) is 24.3 Å². The zero-order chi connectivity index (χ0) is 14.8. The second-order valence-corrected chi connectivity index (χ2v) is 5.65. The summed E-state index contributed by atoms with van der Waals surface area (Å²) >= 11 is 5.57. The third-order valence-electron chi connectivity index (χ3n) is 2.62. The fraction of sp³-hybridized carbons (Fsp3) is 0.143. The molecule has 2 aromatic carbocycles. The van der Waals surface area contributed by atoms with E-state index in [-0.39, 0.29) is 16.7 Å². The lowest BCUT2D eigenvalue weighted by atomic mass is 10.0. The first-order valence-electron chi connectivity index (χ1n) is 5.64. The molecule has 1 unspecified atom stereocenters. The Kier molecular flexibility index (Phi) is 4.62. The topological polar surface area (TPSA) is 20.2 Å². The van der Waals surface area contributed by atoms with Gasteiger partial charge in [-0.2, -0.15) is 13.2 Å². The van der Waals surface area contributed by atoms with E-state index in [9.17, 15) is 18.3 Å². The highest BCUT2D eigenvalue weighted by Crippen LogP contribution is 2.37. The van der Waals surface area contributed by atoms with Crippen LogP contribution in [0.15, 0.2) is 53.4 Å². The largest absolute Gasteiger partial charge is 0.446 e. The molecule has 1 N–H and O–H groups in total. The lowest BCUT2D eigenvalue weighted by Gasteiger charge is -2.12. The van der Waals surface area contributed by atoms with Crippen LogP contribution in [0.2, 0.25) is 5.02 Å².